The molecular weight excluding hydrogens is 545 g/mol. The minimum absolute atomic E-state index is 0.407. The van der Waals surface area contributed by atoms with E-state index in [1.807, 2.05) is 0 Å². The van der Waals surface area contributed by atoms with Crippen molar-refractivity contribution in [1.82, 2.24) is 0 Å². The Morgan fingerprint density at radius 2 is 1.14 bits per heavy atom. The molecule has 4 aliphatic rings. The van der Waals surface area contributed by atoms with Gasteiger partial charge in [-0.15, -0.1) is 6.58 Å². The Morgan fingerprint density at radius 1 is 0.636 bits per heavy atom. The van der Waals surface area contributed by atoms with Gasteiger partial charge in [-0.3, -0.25) is 0 Å². The van der Waals surface area contributed by atoms with E-state index in [0.717, 1.165) is 52.5 Å². The molecule has 8 atom stereocenters. The van der Waals surface area contributed by atoms with Gasteiger partial charge in [0.15, 0.2) is 0 Å². The van der Waals surface area contributed by atoms with E-state index in [9.17, 15) is 0 Å². The van der Waals surface area contributed by atoms with Crippen LogP contribution in [-0.4, -0.2) is 8.07 Å². The first-order valence-corrected chi connectivity index (χ1v) is 20.9. The lowest BCUT2D eigenvalue weighted by Gasteiger charge is -2.51. The number of rotatable bonds is 8. The molecule has 0 N–H and O–H groups in total. The van der Waals surface area contributed by atoms with Gasteiger partial charge in [-0.2, -0.15) is 0 Å². The van der Waals surface area contributed by atoms with E-state index in [4.69, 9.17) is 0 Å². The van der Waals surface area contributed by atoms with Crippen molar-refractivity contribution in [2.24, 2.45) is 52.3 Å². The van der Waals surface area contributed by atoms with Crippen LogP contribution in [0.15, 0.2) is 73.3 Å². The molecule has 4 saturated carbocycles. The van der Waals surface area contributed by atoms with Crippen LogP contribution < -0.4 is 10.4 Å². The predicted molar refractivity (Wildman–Crippen MR) is 194 cm³/mol. The van der Waals surface area contributed by atoms with Gasteiger partial charge in [0, 0.05) is 0 Å². The summed E-state index contributed by atoms with van der Waals surface area (Å²) in [5.41, 5.74) is 2.54. The van der Waals surface area contributed by atoms with Gasteiger partial charge in [-0.25, -0.2) is 0 Å². The molecule has 240 valence electrons. The Hall–Kier alpha value is -1.60. The SMILES string of the molecule is C=CCCCC1CCC([Si](c2ccccc2)(c2ccccc2)C2C3CC(C(C)(C)C)CCC3C3CCC(C(C)(C)C)CC32)C1. The average molecular weight is 609 g/mol. The van der Waals surface area contributed by atoms with E-state index in [1.165, 1.54) is 77.0 Å². The maximum Gasteiger partial charge on any atom is 0.124 e. The zero-order valence-corrected chi connectivity index (χ0v) is 30.2. The maximum atomic E-state index is 4.04. The first-order chi connectivity index (χ1) is 21.0. The van der Waals surface area contributed by atoms with Crippen molar-refractivity contribution in [1.29, 1.82) is 0 Å². The minimum atomic E-state index is -2.18. The summed E-state index contributed by atoms with van der Waals surface area (Å²) in [5.74, 6) is 6.32. The summed E-state index contributed by atoms with van der Waals surface area (Å²) in [7, 11) is -2.18. The van der Waals surface area contributed by atoms with Crippen LogP contribution in [0.2, 0.25) is 11.1 Å². The predicted octanol–water partition coefficient (Wildman–Crippen LogP) is 11.3. The number of fused-ring (bicyclic) bond motifs is 3. The molecule has 0 aliphatic heterocycles. The molecule has 2 aromatic carbocycles. The summed E-state index contributed by atoms with van der Waals surface area (Å²) in [6.07, 6.45) is 19.3. The van der Waals surface area contributed by atoms with Crippen LogP contribution in [0, 0.1) is 52.3 Å². The zero-order chi connectivity index (χ0) is 31.1. The molecule has 0 nitrogen and oxygen atoms in total. The molecule has 44 heavy (non-hydrogen) atoms. The average Bonchev–Trinajstić information content (AvgIpc) is 3.61. The highest BCUT2D eigenvalue weighted by atomic mass is 28.3. The number of hydrogen-bond acceptors (Lipinski definition) is 0. The Balaban J connectivity index is 1.53. The molecule has 0 heterocycles. The van der Waals surface area contributed by atoms with Gasteiger partial charge in [0.1, 0.15) is 8.07 Å². The van der Waals surface area contributed by atoms with Crippen molar-refractivity contribution in [3.05, 3.63) is 73.3 Å². The second-order valence-electron chi connectivity index (χ2n) is 18.1. The molecular formula is C43H64Si. The molecule has 6 rings (SSSR count). The van der Waals surface area contributed by atoms with Gasteiger partial charge >= 0.3 is 0 Å². The van der Waals surface area contributed by atoms with Crippen molar-refractivity contribution in [3.8, 4) is 0 Å². The molecule has 2 aromatic rings. The molecule has 0 bridgehead atoms. The Kier molecular flexibility index (Phi) is 9.47. The fourth-order valence-electron chi connectivity index (χ4n) is 11.9. The normalized spacial score (nSPS) is 34.4. The molecule has 0 spiro atoms. The number of unbranched alkanes of at least 4 members (excludes halogenated alkanes) is 1. The molecule has 4 aliphatic carbocycles. The molecule has 0 amide bonds. The first kappa shape index (κ1) is 32.3. The van der Waals surface area contributed by atoms with Crippen molar-refractivity contribution >= 4 is 18.4 Å². The van der Waals surface area contributed by atoms with Gasteiger partial charge in [0.2, 0.25) is 0 Å². The third-order valence-electron chi connectivity index (χ3n) is 14.1. The molecule has 0 saturated heterocycles. The van der Waals surface area contributed by atoms with Crippen LogP contribution in [0.3, 0.4) is 0 Å². The summed E-state index contributed by atoms with van der Waals surface area (Å²) in [6.45, 7) is 19.3. The highest BCUT2D eigenvalue weighted by Gasteiger charge is 2.64. The molecule has 0 radical (unpaired) electrons. The third-order valence-corrected chi connectivity index (χ3v) is 20.4. The van der Waals surface area contributed by atoms with E-state index in [-0.39, 0.29) is 0 Å². The van der Waals surface area contributed by atoms with Crippen LogP contribution in [0.1, 0.15) is 119 Å². The van der Waals surface area contributed by atoms with Gasteiger partial charge in [-0.05, 0) is 121 Å². The highest BCUT2D eigenvalue weighted by molar-refractivity contribution is 7.04. The summed E-state index contributed by atoms with van der Waals surface area (Å²) >= 11 is 0. The lowest BCUT2D eigenvalue weighted by atomic mass is 9.62. The van der Waals surface area contributed by atoms with Gasteiger partial charge in [0.25, 0.3) is 0 Å². The maximum absolute atomic E-state index is 4.04. The number of hydrogen-bond donors (Lipinski definition) is 0. The van der Waals surface area contributed by atoms with Crippen LogP contribution in [0.5, 0.6) is 0 Å². The Morgan fingerprint density at radius 3 is 1.59 bits per heavy atom. The fourth-order valence-corrected chi connectivity index (χ4v) is 19.5. The number of benzene rings is 2. The van der Waals surface area contributed by atoms with Crippen LogP contribution in [0.4, 0.5) is 0 Å². The van der Waals surface area contributed by atoms with Crippen molar-refractivity contribution < 1.29 is 0 Å². The summed E-state index contributed by atoms with van der Waals surface area (Å²) in [5, 5.41) is 3.56. The Bertz CT molecular complexity index is 1140. The molecule has 8 unspecified atom stereocenters. The lowest BCUT2D eigenvalue weighted by Crippen LogP contribution is -2.66. The van der Waals surface area contributed by atoms with Crippen molar-refractivity contribution in [2.75, 3.05) is 0 Å². The summed E-state index contributed by atoms with van der Waals surface area (Å²) < 4.78 is 0. The van der Waals surface area contributed by atoms with Gasteiger partial charge in [0.05, 0.1) is 0 Å². The van der Waals surface area contributed by atoms with E-state index in [2.05, 4.69) is 115 Å². The summed E-state index contributed by atoms with van der Waals surface area (Å²) in [4.78, 5) is 0. The van der Waals surface area contributed by atoms with Gasteiger partial charge in [-0.1, -0.05) is 138 Å². The second kappa shape index (κ2) is 12.9. The summed E-state index contributed by atoms with van der Waals surface area (Å²) in [6, 6.07) is 24.7. The van der Waals surface area contributed by atoms with E-state index in [0.29, 0.717) is 10.8 Å². The highest BCUT2D eigenvalue weighted by Crippen LogP contribution is 2.68. The minimum Gasteiger partial charge on any atom is -0.103 e. The second-order valence-corrected chi connectivity index (χ2v) is 22.5. The van der Waals surface area contributed by atoms with E-state index < -0.39 is 8.07 Å². The first-order valence-electron chi connectivity index (χ1n) is 18.8. The standard InChI is InChI=1S/C43H64Si/c1-8-9-12-17-31-22-25-36(28-31)44(34-18-13-10-14-19-34,35-20-15-11-16-21-35)41-39-29-32(42(2,3)4)23-26-37(39)38-27-24-33(30-40(38)41)43(5,6)7/h8,10-11,13-16,18-21,31-33,36-41H,1,9,12,17,22-30H2,2-7H3. The number of allylic oxidation sites excluding steroid dienone is 1. The van der Waals surface area contributed by atoms with Crippen molar-refractivity contribution in [3.63, 3.8) is 0 Å². The smallest absolute Gasteiger partial charge is 0.103 e. The van der Waals surface area contributed by atoms with E-state index >= 15 is 0 Å². The quantitative estimate of drug-likeness (QED) is 0.159. The third kappa shape index (κ3) is 5.98. The van der Waals surface area contributed by atoms with Crippen molar-refractivity contribution in [2.45, 2.75) is 130 Å². The largest absolute Gasteiger partial charge is 0.124 e. The monoisotopic (exact) mass is 608 g/mol. The lowest BCUT2D eigenvalue weighted by molar-refractivity contribution is 0.0722. The van der Waals surface area contributed by atoms with Gasteiger partial charge < -0.3 is 0 Å². The van der Waals surface area contributed by atoms with Crippen LogP contribution >= 0.6 is 0 Å². The fraction of sp³-hybridized carbons (Fsp3) is 0.674. The van der Waals surface area contributed by atoms with Crippen LogP contribution in [-0.2, 0) is 0 Å². The molecule has 0 aromatic heterocycles. The molecule has 4 fully saturated rings. The Labute approximate surface area is 272 Å². The van der Waals surface area contributed by atoms with E-state index in [1.54, 1.807) is 10.4 Å². The molecule has 1 heteroatoms. The van der Waals surface area contributed by atoms with Crippen LogP contribution in [0.25, 0.3) is 0 Å². The zero-order valence-electron chi connectivity index (χ0n) is 29.2. The topological polar surface area (TPSA) is 0 Å².